The minimum absolute atomic E-state index is 0.0548. The Hall–Kier alpha value is -4.18. The molecule has 4 rings (SSSR count). The predicted octanol–water partition coefficient (Wildman–Crippen LogP) is 4.40. The van der Waals surface area contributed by atoms with Crippen LogP contribution in [0.25, 0.3) is 11.0 Å². The average molecular weight is 447 g/mol. The number of hydrogen-bond donors (Lipinski definition) is 2. The Morgan fingerprint density at radius 3 is 2.58 bits per heavy atom. The van der Waals surface area contributed by atoms with Gasteiger partial charge in [0.2, 0.25) is 11.8 Å². The van der Waals surface area contributed by atoms with Crippen LogP contribution in [-0.2, 0) is 0 Å². The Balaban J connectivity index is 1.54. The monoisotopic (exact) mass is 447 g/mol. The van der Waals surface area contributed by atoms with E-state index in [1.165, 1.54) is 12.1 Å². The molecule has 0 aliphatic rings. The number of fused-ring (bicyclic) bond motifs is 1. The maximum Gasteiger partial charge on any atom is 0.273 e. The van der Waals surface area contributed by atoms with E-state index in [0.29, 0.717) is 28.6 Å². The van der Waals surface area contributed by atoms with Gasteiger partial charge in [-0.25, -0.2) is 0 Å². The molecule has 0 spiro atoms. The maximum atomic E-state index is 11.1. The van der Waals surface area contributed by atoms with Crippen LogP contribution in [0.2, 0.25) is 0 Å². The molecule has 0 aliphatic heterocycles. The summed E-state index contributed by atoms with van der Waals surface area (Å²) in [7, 11) is 6.17. The Morgan fingerprint density at radius 1 is 1.06 bits per heavy atom. The highest BCUT2D eigenvalue weighted by Crippen LogP contribution is 2.30. The molecule has 170 valence electrons. The quantitative estimate of drug-likeness (QED) is 0.287. The normalized spacial score (nSPS) is 11.0. The van der Waals surface area contributed by atoms with Crippen LogP contribution < -0.4 is 15.0 Å². The zero-order valence-corrected chi connectivity index (χ0v) is 18.6. The Bertz CT molecular complexity index is 1250. The molecular weight excluding hydrogens is 422 g/mol. The third-order valence-corrected chi connectivity index (χ3v) is 5.07. The van der Waals surface area contributed by atoms with Gasteiger partial charge in [-0.2, -0.15) is 9.97 Å². The van der Waals surface area contributed by atoms with Crippen molar-refractivity contribution in [2.45, 2.75) is 0 Å². The number of likely N-dealkylation sites (N-methyl/N-ethyl adjacent to an activating group) is 2. The van der Waals surface area contributed by atoms with Crippen molar-refractivity contribution in [2.24, 2.45) is 0 Å². The number of aromatic nitrogens is 3. The van der Waals surface area contributed by atoms with E-state index in [-0.39, 0.29) is 5.69 Å². The van der Waals surface area contributed by atoms with Gasteiger partial charge in [0.1, 0.15) is 11.4 Å². The lowest BCUT2D eigenvalue weighted by atomic mass is 10.2. The number of aromatic amines is 1. The summed E-state index contributed by atoms with van der Waals surface area (Å²) in [4.78, 5) is 27.0. The fourth-order valence-electron chi connectivity index (χ4n) is 3.23. The number of nitrogens with one attached hydrogen (secondary N) is 2. The average Bonchev–Trinajstić information content (AvgIpc) is 3.27. The van der Waals surface area contributed by atoms with Gasteiger partial charge < -0.3 is 24.8 Å². The minimum Gasteiger partial charge on any atom is -0.438 e. The molecule has 0 aliphatic carbocycles. The molecule has 0 atom stereocenters. The third kappa shape index (κ3) is 5.36. The Labute approximate surface area is 191 Å². The Morgan fingerprint density at radius 2 is 1.85 bits per heavy atom. The minimum atomic E-state index is -0.465. The lowest BCUT2D eigenvalue weighted by molar-refractivity contribution is -0.384. The van der Waals surface area contributed by atoms with Crippen LogP contribution >= 0.6 is 0 Å². The zero-order chi connectivity index (χ0) is 23.4. The number of non-ortho nitro benzene ring substituents is 1. The number of hydrogen-bond acceptors (Lipinski definition) is 8. The number of benzene rings is 2. The van der Waals surface area contributed by atoms with Gasteiger partial charge >= 0.3 is 0 Å². The van der Waals surface area contributed by atoms with E-state index in [9.17, 15) is 10.1 Å². The molecule has 33 heavy (non-hydrogen) atoms. The van der Waals surface area contributed by atoms with Crippen LogP contribution in [0.1, 0.15) is 0 Å². The predicted molar refractivity (Wildman–Crippen MR) is 129 cm³/mol. The molecule has 0 unspecified atom stereocenters. The summed E-state index contributed by atoms with van der Waals surface area (Å²) in [5.41, 5.74) is 2.47. The molecule has 2 N–H and O–H groups in total. The van der Waals surface area contributed by atoms with Gasteiger partial charge in [0.05, 0.1) is 16.4 Å². The molecular formula is C23H25N7O3. The lowest BCUT2D eigenvalue weighted by Gasteiger charge is -2.21. The van der Waals surface area contributed by atoms with Crippen LogP contribution in [0.15, 0.2) is 60.8 Å². The SMILES string of the molecule is CN(C)CCN(C)c1ccc(Nc2nc(Oc3cccc([N+](=O)[O-])c3)c3cc[nH]c3n2)cc1. The lowest BCUT2D eigenvalue weighted by Crippen LogP contribution is -2.28. The van der Waals surface area contributed by atoms with E-state index in [0.717, 1.165) is 24.5 Å². The second-order valence-electron chi connectivity index (χ2n) is 7.85. The molecule has 2 heterocycles. The van der Waals surface area contributed by atoms with Gasteiger partial charge in [0.25, 0.3) is 5.69 Å². The van der Waals surface area contributed by atoms with Crippen LogP contribution in [0.4, 0.5) is 23.0 Å². The van der Waals surface area contributed by atoms with Gasteiger partial charge in [-0.1, -0.05) is 6.07 Å². The molecule has 2 aromatic carbocycles. The van der Waals surface area contributed by atoms with Gasteiger partial charge in [-0.05, 0) is 50.5 Å². The molecule has 0 radical (unpaired) electrons. The summed E-state index contributed by atoms with van der Waals surface area (Å²) in [6.45, 7) is 1.89. The van der Waals surface area contributed by atoms with E-state index >= 15 is 0 Å². The van der Waals surface area contributed by atoms with Crippen molar-refractivity contribution in [2.75, 3.05) is 44.4 Å². The van der Waals surface area contributed by atoms with Gasteiger partial charge in [-0.3, -0.25) is 10.1 Å². The molecule has 0 amide bonds. The molecule has 0 saturated carbocycles. The second kappa shape index (κ2) is 9.53. The van der Waals surface area contributed by atoms with Crippen molar-refractivity contribution in [1.29, 1.82) is 0 Å². The summed E-state index contributed by atoms with van der Waals surface area (Å²) < 4.78 is 5.89. The highest BCUT2D eigenvalue weighted by Gasteiger charge is 2.13. The van der Waals surface area contributed by atoms with E-state index in [2.05, 4.69) is 51.2 Å². The molecule has 2 aromatic heterocycles. The number of rotatable bonds is 9. The van der Waals surface area contributed by atoms with Crippen molar-refractivity contribution in [3.8, 4) is 11.6 Å². The molecule has 10 heteroatoms. The standard InChI is InChI=1S/C23H25N7O3/c1-28(2)13-14-29(3)17-9-7-16(8-10-17)25-23-26-21-20(11-12-24-21)22(27-23)33-19-6-4-5-18(15-19)30(31)32/h4-12,15H,13-14H2,1-3H3,(H2,24,25,26,27). The Kier molecular flexibility index (Phi) is 6.36. The van der Waals surface area contributed by atoms with E-state index in [1.54, 1.807) is 24.4 Å². The molecule has 4 aromatic rings. The van der Waals surface area contributed by atoms with Gasteiger partial charge in [0.15, 0.2) is 0 Å². The van der Waals surface area contributed by atoms with Crippen LogP contribution in [0.5, 0.6) is 11.6 Å². The molecule has 0 bridgehead atoms. The summed E-state index contributed by atoms with van der Waals surface area (Å²) in [6, 6.07) is 15.8. The van der Waals surface area contributed by atoms with E-state index < -0.39 is 4.92 Å². The summed E-state index contributed by atoms with van der Waals surface area (Å²) >= 11 is 0. The molecule has 0 saturated heterocycles. The number of nitro groups is 1. The van der Waals surface area contributed by atoms with E-state index in [1.807, 2.05) is 24.3 Å². The number of anilines is 3. The smallest absolute Gasteiger partial charge is 0.273 e. The first-order valence-corrected chi connectivity index (χ1v) is 10.4. The highest BCUT2D eigenvalue weighted by molar-refractivity contribution is 5.82. The topological polar surface area (TPSA) is 112 Å². The van der Waals surface area contributed by atoms with Crippen molar-refractivity contribution in [3.63, 3.8) is 0 Å². The second-order valence-corrected chi connectivity index (χ2v) is 7.85. The molecule has 10 nitrogen and oxygen atoms in total. The fraction of sp³-hybridized carbons (Fsp3) is 0.217. The van der Waals surface area contributed by atoms with Crippen LogP contribution in [0.3, 0.4) is 0 Å². The highest BCUT2D eigenvalue weighted by atomic mass is 16.6. The van der Waals surface area contributed by atoms with Crippen molar-refractivity contribution < 1.29 is 9.66 Å². The van der Waals surface area contributed by atoms with Gasteiger partial charge in [0, 0.05) is 43.8 Å². The maximum absolute atomic E-state index is 11.1. The van der Waals surface area contributed by atoms with Crippen molar-refractivity contribution in [3.05, 3.63) is 70.9 Å². The van der Waals surface area contributed by atoms with Gasteiger partial charge in [-0.15, -0.1) is 0 Å². The summed E-state index contributed by atoms with van der Waals surface area (Å²) in [6.07, 6.45) is 1.74. The first-order valence-electron chi connectivity index (χ1n) is 10.4. The first-order chi connectivity index (χ1) is 15.9. The van der Waals surface area contributed by atoms with Crippen LogP contribution in [-0.4, -0.2) is 59.0 Å². The number of H-pyrrole nitrogens is 1. The van der Waals surface area contributed by atoms with Crippen LogP contribution in [0, 0.1) is 10.1 Å². The first kappa shape index (κ1) is 22.0. The number of nitrogens with zero attached hydrogens (tertiary/aromatic N) is 5. The number of ether oxygens (including phenoxy) is 1. The largest absolute Gasteiger partial charge is 0.438 e. The number of nitro benzene ring substituents is 1. The summed E-state index contributed by atoms with van der Waals surface area (Å²) in [5, 5.41) is 14.9. The third-order valence-electron chi connectivity index (χ3n) is 5.07. The molecule has 0 fully saturated rings. The van der Waals surface area contributed by atoms with Crippen molar-refractivity contribution >= 4 is 34.0 Å². The summed E-state index contributed by atoms with van der Waals surface area (Å²) in [5.74, 6) is 0.963. The van der Waals surface area contributed by atoms with E-state index in [4.69, 9.17) is 4.74 Å². The fourth-order valence-corrected chi connectivity index (χ4v) is 3.23. The zero-order valence-electron chi connectivity index (χ0n) is 18.6. The van der Waals surface area contributed by atoms with Crippen molar-refractivity contribution in [1.82, 2.24) is 19.9 Å².